The average Bonchev–Trinajstić information content (AvgIpc) is 2.96. The van der Waals surface area contributed by atoms with Gasteiger partial charge in [0.25, 0.3) is 5.56 Å². The summed E-state index contributed by atoms with van der Waals surface area (Å²) in [5, 5.41) is 10.1. The van der Waals surface area contributed by atoms with Crippen LogP contribution in [0.1, 0.15) is 45.0 Å². The van der Waals surface area contributed by atoms with E-state index in [0.29, 0.717) is 5.56 Å². The molecule has 0 spiro atoms. The first kappa shape index (κ1) is 21.1. The molecule has 0 atom stereocenters. The number of hydrogen-bond acceptors (Lipinski definition) is 9. The van der Waals surface area contributed by atoms with Crippen LogP contribution >= 0.6 is 11.3 Å². The summed E-state index contributed by atoms with van der Waals surface area (Å²) >= 11 is 0.891. The lowest BCUT2D eigenvalue weighted by molar-refractivity contribution is 0.0527. The summed E-state index contributed by atoms with van der Waals surface area (Å²) in [6, 6.07) is 0. The molecule has 10 nitrogen and oxygen atoms in total. The van der Waals surface area contributed by atoms with Crippen LogP contribution in [-0.2, 0) is 16.5 Å². The van der Waals surface area contributed by atoms with Gasteiger partial charge in [-0.1, -0.05) is 0 Å². The molecule has 0 aromatic carbocycles. The standard InChI is InChI=1S/C17H19N3O7S/c1-5-26-15(23)10-8(3)11(16(24)27-6-2)28-13(10)18-7-9-12(21)19-17(25)20(4)14(9)22/h7,22H,5-6H2,1-4H3,(H,19,21,25). The minimum absolute atomic E-state index is 0.0619. The highest BCUT2D eigenvalue weighted by atomic mass is 32.1. The van der Waals surface area contributed by atoms with Gasteiger partial charge < -0.3 is 14.6 Å². The molecule has 0 fully saturated rings. The Kier molecular flexibility index (Phi) is 6.52. The van der Waals surface area contributed by atoms with Crippen LogP contribution in [-0.4, -0.2) is 46.0 Å². The van der Waals surface area contributed by atoms with Crippen molar-refractivity contribution in [2.24, 2.45) is 12.0 Å². The van der Waals surface area contributed by atoms with Gasteiger partial charge in [-0.05, 0) is 26.3 Å². The predicted molar refractivity (Wildman–Crippen MR) is 102 cm³/mol. The minimum Gasteiger partial charge on any atom is -0.494 e. The molecule has 0 amide bonds. The van der Waals surface area contributed by atoms with Gasteiger partial charge in [0.2, 0.25) is 5.88 Å². The van der Waals surface area contributed by atoms with Crippen molar-refractivity contribution >= 4 is 34.5 Å². The van der Waals surface area contributed by atoms with Crippen LogP contribution in [0.5, 0.6) is 5.88 Å². The number of hydrogen-bond donors (Lipinski definition) is 2. The third kappa shape index (κ3) is 4.03. The van der Waals surface area contributed by atoms with Crippen LogP contribution in [0.15, 0.2) is 14.6 Å². The molecule has 11 heteroatoms. The Bertz CT molecular complexity index is 1060. The number of nitrogens with one attached hydrogen (secondary N) is 1. The van der Waals surface area contributed by atoms with Crippen molar-refractivity contribution < 1.29 is 24.2 Å². The van der Waals surface area contributed by atoms with E-state index >= 15 is 0 Å². The van der Waals surface area contributed by atoms with Gasteiger partial charge in [0.1, 0.15) is 21.0 Å². The van der Waals surface area contributed by atoms with Crippen LogP contribution in [0.4, 0.5) is 5.00 Å². The van der Waals surface area contributed by atoms with Crippen molar-refractivity contribution in [3.05, 3.63) is 42.4 Å². The Labute approximate surface area is 163 Å². The van der Waals surface area contributed by atoms with Crippen LogP contribution in [0.3, 0.4) is 0 Å². The molecule has 0 saturated carbocycles. The summed E-state index contributed by atoms with van der Waals surface area (Å²) in [6.07, 6.45) is 1.01. The smallest absolute Gasteiger partial charge is 0.348 e. The van der Waals surface area contributed by atoms with Crippen molar-refractivity contribution in [2.45, 2.75) is 20.8 Å². The number of aromatic amines is 1. The number of aromatic nitrogens is 2. The Balaban J connectivity index is 2.60. The Hall–Kier alpha value is -3.21. The molecule has 2 aromatic rings. The van der Waals surface area contributed by atoms with Crippen LogP contribution < -0.4 is 11.2 Å². The van der Waals surface area contributed by atoms with Crippen molar-refractivity contribution in [2.75, 3.05) is 13.2 Å². The van der Waals surface area contributed by atoms with E-state index in [1.807, 2.05) is 4.98 Å². The molecule has 0 saturated heterocycles. The maximum absolute atomic E-state index is 12.3. The lowest BCUT2D eigenvalue weighted by Gasteiger charge is -2.04. The van der Waals surface area contributed by atoms with Crippen molar-refractivity contribution in [1.82, 2.24) is 9.55 Å². The maximum atomic E-state index is 12.3. The van der Waals surface area contributed by atoms with Gasteiger partial charge in [0.05, 0.1) is 13.2 Å². The molecule has 28 heavy (non-hydrogen) atoms. The monoisotopic (exact) mass is 409 g/mol. The highest BCUT2D eigenvalue weighted by Crippen LogP contribution is 2.36. The molecule has 150 valence electrons. The molecule has 0 radical (unpaired) electrons. The molecule has 2 heterocycles. The number of carbonyl (C=O) groups excluding carboxylic acids is 2. The van der Waals surface area contributed by atoms with Crippen LogP contribution in [0.25, 0.3) is 0 Å². The lowest BCUT2D eigenvalue weighted by Crippen LogP contribution is -2.30. The normalized spacial score (nSPS) is 11.0. The van der Waals surface area contributed by atoms with E-state index in [1.165, 1.54) is 7.05 Å². The van der Waals surface area contributed by atoms with E-state index in [2.05, 4.69) is 4.99 Å². The first-order chi connectivity index (χ1) is 13.2. The molecule has 0 aliphatic heterocycles. The summed E-state index contributed by atoms with van der Waals surface area (Å²) in [5.41, 5.74) is -1.51. The van der Waals surface area contributed by atoms with Gasteiger partial charge in [-0.3, -0.25) is 14.3 Å². The van der Waals surface area contributed by atoms with E-state index in [0.717, 1.165) is 22.1 Å². The molecule has 0 bridgehead atoms. The quantitative estimate of drug-likeness (QED) is 0.540. The second-order valence-corrected chi connectivity index (χ2v) is 6.49. The first-order valence-corrected chi connectivity index (χ1v) is 9.08. The highest BCUT2D eigenvalue weighted by molar-refractivity contribution is 7.18. The van der Waals surface area contributed by atoms with Crippen LogP contribution in [0.2, 0.25) is 0 Å². The molecule has 2 rings (SSSR count). The number of aromatic hydroxyl groups is 1. The molecule has 2 N–H and O–H groups in total. The summed E-state index contributed by atoms with van der Waals surface area (Å²) in [4.78, 5) is 54.2. The number of ether oxygens (including phenoxy) is 2. The van der Waals surface area contributed by atoms with Gasteiger partial charge in [0, 0.05) is 13.3 Å². The lowest BCUT2D eigenvalue weighted by atomic mass is 10.1. The topological polar surface area (TPSA) is 140 Å². The number of nitrogens with zero attached hydrogens (tertiary/aromatic N) is 2. The highest BCUT2D eigenvalue weighted by Gasteiger charge is 2.26. The van der Waals surface area contributed by atoms with E-state index in [1.54, 1.807) is 20.8 Å². The first-order valence-electron chi connectivity index (χ1n) is 8.26. The molecule has 0 unspecified atom stereocenters. The Morgan fingerprint density at radius 3 is 2.43 bits per heavy atom. The van der Waals surface area contributed by atoms with Crippen LogP contribution in [0, 0.1) is 6.92 Å². The fourth-order valence-electron chi connectivity index (χ4n) is 2.29. The van der Waals surface area contributed by atoms with E-state index in [-0.39, 0.29) is 34.2 Å². The predicted octanol–water partition coefficient (Wildman–Crippen LogP) is 1.25. The fraction of sp³-hybridized carbons (Fsp3) is 0.353. The van der Waals surface area contributed by atoms with E-state index in [9.17, 15) is 24.3 Å². The Morgan fingerprint density at radius 2 is 1.82 bits per heavy atom. The molecular weight excluding hydrogens is 390 g/mol. The average molecular weight is 409 g/mol. The fourth-order valence-corrected chi connectivity index (χ4v) is 3.33. The van der Waals surface area contributed by atoms with Crippen molar-refractivity contribution in [3.8, 4) is 5.88 Å². The largest absolute Gasteiger partial charge is 0.494 e. The van der Waals surface area contributed by atoms with Gasteiger partial charge in [-0.25, -0.2) is 19.4 Å². The third-order valence-corrected chi connectivity index (χ3v) is 4.89. The molecule has 0 aliphatic rings. The zero-order valence-corrected chi connectivity index (χ0v) is 16.5. The SMILES string of the molecule is CCOC(=O)c1sc(N=Cc2c(O)n(C)c(=O)[nH]c2=O)c(C(=O)OCC)c1C. The second-order valence-electron chi connectivity index (χ2n) is 5.49. The van der Waals surface area contributed by atoms with E-state index in [4.69, 9.17) is 9.47 Å². The van der Waals surface area contributed by atoms with Gasteiger partial charge in [0.15, 0.2) is 0 Å². The molecule has 0 aliphatic carbocycles. The second kappa shape index (κ2) is 8.65. The summed E-state index contributed by atoms with van der Waals surface area (Å²) in [5.74, 6) is -1.88. The molecule has 2 aromatic heterocycles. The van der Waals surface area contributed by atoms with Gasteiger partial charge in [-0.15, -0.1) is 11.3 Å². The van der Waals surface area contributed by atoms with Gasteiger partial charge in [-0.2, -0.15) is 0 Å². The Morgan fingerprint density at radius 1 is 1.21 bits per heavy atom. The number of rotatable bonds is 6. The summed E-state index contributed by atoms with van der Waals surface area (Å²) in [6.45, 7) is 5.13. The van der Waals surface area contributed by atoms with E-state index < -0.39 is 29.1 Å². The zero-order chi connectivity index (χ0) is 21.0. The zero-order valence-electron chi connectivity index (χ0n) is 15.7. The van der Waals surface area contributed by atoms with Crippen molar-refractivity contribution in [3.63, 3.8) is 0 Å². The summed E-state index contributed by atoms with van der Waals surface area (Å²) in [7, 11) is 1.27. The van der Waals surface area contributed by atoms with Crippen molar-refractivity contribution in [1.29, 1.82) is 0 Å². The number of esters is 2. The number of aliphatic imine (C=N–C) groups is 1. The molecular formula is C17H19N3O7S. The summed E-state index contributed by atoms with van der Waals surface area (Å²) < 4.78 is 10.8. The number of carbonyl (C=O) groups is 2. The number of H-pyrrole nitrogens is 1. The minimum atomic E-state index is -0.846. The maximum Gasteiger partial charge on any atom is 0.348 e. The van der Waals surface area contributed by atoms with Gasteiger partial charge >= 0.3 is 17.6 Å². The number of thiophene rings is 1. The third-order valence-electron chi connectivity index (χ3n) is 3.71.